The van der Waals surface area contributed by atoms with Gasteiger partial charge < -0.3 is 18.9 Å². The summed E-state index contributed by atoms with van der Waals surface area (Å²) < 4.78 is 45.3. The van der Waals surface area contributed by atoms with Gasteiger partial charge in [-0.25, -0.2) is 4.79 Å². The Hall–Kier alpha value is -3.39. The molecule has 0 radical (unpaired) electrons. The number of nitrogens with zero attached hydrogens (tertiary/aromatic N) is 1. The molecule has 186 valence electrons. The number of ether oxygens (including phenoxy) is 4. The van der Waals surface area contributed by atoms with Gasteiger partial charge in [0.25, 0.3) is 5.56 Å². The van der Waals surface area contributed by atoms with Crippen LogP contribution in [0.2, 0.25) is 0 Å². The second kappa shape index (κ2) is 11.2. The van der Waals surface area contributed by atoms with Gasteiger partial charge in [-0.1, -0.05) is 47.4 Å². The summed E-state index contributed by atoms with van der Waals surface area (Å²) >= 11 is 0. The summed E-state index contributed by atoms with van der Waals surface area (Å²) in [5.41, 5.74) is -2.03. The second-order valence-electron chi connectivity index (χ2n) is 8.05. The highest BCUT2D eigenvalue weighted by Crippen LogP contribution is 2.34. The molecule has 1 aliphatic heterocycles. The minimum Gasteiger partial charge on any atom is -0.463 e. The van der Waals surface area contributed by atoms with Crippen molar-refractivity contribution in [3.05, 3.63) is 32.6 Å². The number of rotatable bonds is 8. The van der Waals surface area contributed by atoms with Gasteiger partial charge in [0.05, 0.1) is 17.8 Å². The molecule has 0 aromatic carbocycles. The van der Waals surface area contributed by atoms with E-state index in [1.54, 1.807) is 0 Å². The average Bonchev–Trinajstić information content (AvgIpc) is 3.21. The summed E-state index contributed by atoms with van der Waals surface area (Å²) in [5.74, 6) is -2.78. The Labute approximate surface area is 200 Å². The number of carbonyl (C=O) groups excluding carboxylic acids is 3. The van der Waals surface area contributed by atoms with Gasteiger partial charge in [-0.05, 0) is 0 Å². The van der Waals surface area contributed by atoms with Crippen LogP contribution >= 0.6 is 0 Å². The van der Waals surface area contributed by atoms with E-state index in [0.29, 0.717) is 0 Å². The molecule has 1 aliphatic rings. The van der Waals surface area contributed by atoms with E-state index in [-0.39, 0.29) is 26.3 Å². The van der Waals surface area contributed by atoms with Crippen LogP contribution < -0.4 is 11.2 Å². The number of aromatic amines is 1. The number of H-pyrrole nitrogens is 1. The Morgan fingerprint density at radius 2 is 1.65 bits per heavy atom. The molecule has 34 heavy (non-hydrogen) atoms. The normalized spacial score (nSPS) is 25.5. The van der Waals surface area contributed by atoms with E-state index in [4.69, 9.17) is 29.5 Å². The van der Waals surface area contributed by atoms with Crippen molar-refractivity contribution in [1.82, 2.24) is 9.55 Å². The van der Waals surface area contributed by atoms with Crippen LogP contribution in [0.5, 0.6) is 0 Å². The molecule has 1 fully saturated rings. The van der Waals surface area contributed by atoms with Crippen LogP contribution in [0.4, 0.5) is 0 Å². The quantitative estimate of drug-likeness (QED) is 0.323. The van der Waals surface area contributed by atoms with Crippen LogP contribution in [0.1, 0.15) is 57.4 Å². The molecule has 0 amide bonds. The highest BCUT2D eigenvalue weighted by molar-refractivity contribution is 5.73. The minimum absolute atomic E-state index is 0.233. The van der Waals surface area contributed by atoms with Gasteiger partial charge in [-0.15, -0.1) is 6.42 Å². The zero-order valence-corrected chi connectivity index (χ0v) is 19.1. The maximum atomic E-state index is 12.7. The molecule has 1 aromatic heterocycles. The molecule has 0 aliphatic carbocycles. The Balaban J connectivity index is 2.56. The summed E-state index contributed by atoms with van der Waals surface area (Å²) in [5, 5.41) is 0. The number of esters is 3. The average molecular weight is 482 g/mol. The van der Waals surface area contributed by atoms with Gasteiger partial charge in [-0.2, -0.15) is 0 Å². The lowest BCUT2D eigenvalue weighted by Gasteiger charge is -2.26. The Kier molecular flexibility index (Phi) is 7.35. The first-order chi connectivity index (χ1) is 17.5. The van der Waals surface area contributed by atoms with Crippen molar-refractivity contribution in [2.24, 2.45) is 17.8 Å². The van der Waals surface area contributed by atoms with E-state index in [9.17, 15) is 24.0 Å². The van der Waals surface area contributed by atoms with Gasteiger partial charge >= 0.3 is 23.6 Å². The molecule has 2 heterocycles. The molecule has 4 unspecified atom stereocenters. The molecule has 11 heteroatoms. The third kappa shape index (κ3) is 6.14. The van der Waals surface area contributed by atoms with Crippen LogP contribution in [0.15, 0.2) is 15.8 Å². The molecule has 1 N–H and O–H groups in total. The number of nitrogens with one attached hydrogen (secondary N) is 1. The first-order valence-corrected chi connectivity index (χ1v) is 10.4. The number of hydrogen-bond donors (Lipinski definition) is 1. The Morgan fingerprint density at radius 3 is 2.21 bits per heavy atom. The molecular formula is C23H30N2O9. The predicted octanol–water partition coefficient (Wildman–Crippen LogP) is 0.750. The lowest BCUT2D eigenvalue weighted by Crippen LogP contribution is -2.44. The summed E-state index contributed by atoms with van der Waals surface area (Å²) in [7, 11) is 0. The summed E-state index contributed by atoms with van der Waals surface area (Å²) in [6.45, 7) is 3.02. The zero-order valence-electron chi connectivity index (χ0n) is 22.1. The van der Waals surface area contributed by atoms with Crippen molar-refractivity contribution in [3.63, 3.8) is 0 Å². The molecule has 7 atom stereocenters. The fourth-order valence-corrected chi connectivity index (χ4v) is 2.92. The zero-order chi connectivity index (χ0) is 27.9. The summed E-state index contributed by atoms with van der Waals surface area (Å²) in [6.07, 6.45) is 0.761. The predicted molar refractivity (Wildman–Crippen MR) is 118 cm³/mol. The largest absolute Gasteiger partial charge is 0.463 e. The smallest absolute Gasteiger partial charge is 0.330 e. The van der Waals surface area contributed by atoms with Gasteiger partial charge in [0.1, 0.15) is 18.3 Å². The molecule has 0 saturated carbocycles. The summed E-state index contributed by atoms with van der Waals surface area (Å²) in [4.78, 5) is 64.1. The van der Waals surface area contributed by atoms with Gasteiger partial charge in [0.2, 0.25) is 0 Å². The minimum atomic E-state index is -1.48. The molecule has 1 aromatic rings. The molecule has 0 spiro atoms. The number of hydrogen-bond acceptors (Lipinski definition) is 9. The van der Waals surface area contributed by atoms with Gasteiger partial charge in [-0.3, -0.25) is 28.7 Å². The Morgan fingerprint density at radius 1 is 1.09 bits per heavy atom. The third-order valence-electron chi connectivity index (χ3n) is 4.78. The van der Waals surface area contributed by atoms with E-state index in [1.165, 1.54) is 20.8 Å². The van der Waals surface area contributed by atoms with E-state index in [2.05, 4.69) is 5.92 Å². The van der Waals surface area contributed by atoms with Crippen LogP contribution in [0, 0.1) is 30.1 Å². The highest BCUT2D eigenvalue weighted by Gasteiger charge is 2.51. The van der Waals surface area contributed by atoms with Gasteiger partial charge in [0.15, 0.2) is 18.4 Å². The van der Waals surface area contributed by atoms with Crippen LogP contribution in [-0.2, 0) is 33.3 Å². The van der Waals surface area contributed by atoms with Crippen molar-refractivity contribution in [2.45, 2.75) is 66.0 Å². The first-order valence-electron chi connectivity index (χ1n) is 12.5. The molecular weight excluding hydrogens is 448 g/mol. The van der Waals surface area contributed by atoms with E-state index in [1.807, 2.05) is 4.98 Å². The highest BCUT2D eigenvalue weighted by atomic mass is 16.7. The van der Waals surface area contributed by atoms with Crippen LogP contribution in [0.25, 0.3) is 0 Å². The SMILES string of the molecule is [2H]CC(C)C(=O)OC[C@H]1OC(n2cc(C#C)c(=O)[nH]c2=O)[C@@H](OC(=O)C(C)C[2H])[C@@H]1OC(=O)C(C)C[2H]. The van der Waals surface area contributed by atoms with E-state index in [0.717, 1.165) is 10.8 Å². The number of carbonyl (C=O) groups is 3. The topological polar surface area (TPSA) is 143 Å². The van der Waals surface area contributed by atoms with Crippen molar-refractivity contribution in [3.8, 4) is 12.3 Å². The van der Waals surface area contributed by atoms with E-state index < -0.39 is 78.1 Å². The van der Waals surface area contributed by atoms with Crippen LogP contribution in [0.3, 0.4) is 0 Å². The lowest BCUT2D eigenvalue weighted by molar-refractivity contribution is -0.173. The van der Waals surface area contributed by atoms with Crippen molar-refractivity contribution in [2.75, 3.05) is 6.61 Å². The standard InChI is InChI=1S/C23H30N2O9/c1-8-14-9-25(23(30)24-18(14)26)19-17(34-22(29)13(6)7)16(33-21(28)12(4)5)15(32-19)10-31-20(27)11(2)3/h1,9,11-13,15-17,19H,10H2,2-7H3,(H,24,26,30)/t15-,16-,17+,19?/m1/s1/i2D,4D,6D/t11?,12?,13?,15-,16-,17+,19?. The van der Waals surface area contributed by atoms with E-state index >= 15 is 0 Å². The Bertz CT molecular complexity index is 1150. The van der Waals surface area contributed by atoms with Crippen LogP contribution in [-0.4, -0.2) is 52.4 Å². The fourth-order valence-electron chi connectivity index (χ4n) is 2.92. The maximum absolute atomic E-state index is 12.7. The molecule has 11 nitrogen and oxygen atoms in total. The lowest BCUT2D eigenvalue weighted by atomic mass is 10.1. The van der Waals surface area contributed by atoms with Gasteiger partial charge in [0, 0.05) is 10.3 Å². The number of aromatic nitrogens is 2. The molecule has 1 saturated heterocycles. The third-order valence-corrected chi connectivity index (χ3v) is 4.78. The molecule has 0 bridgehead atoms. The van der Waals surface area contributed by atoms with Crippen molar-refractivity contribution in [1.29, 1.82) is 0 Å². The fraction of sp³-hybridized carbons (Fsp3) is 0.609. The number of terminal acetylenes is 1. The first kappa shape index (κ1) is 22.4. The molecule has 2 rings (SSSR count). The summed E-state index contributed by atoms with van der Waals surface area (Å²) in [6, 6.07) is 0. The second-order valence-corrected chi connectivity index (χ2v) is 8.05. The van der Waals surface area contributed by atoms with Crippen molar-refractivity contribution < 1.29 is 37.4 Å². The van der Waals surface area contributed by atoms with Crippen molar-refractivity contribution >= 4 is 17.9 Å². The monoisotopic (exact) mass is 481 g/mol. The maximum Gasteiger partial charge on any atom is 0.330 e.